The number of rotatable bonds is 5. The fraction of sp³-hybridized carbons (Fsp3) is 0.389. The van der Waals surface area contributed by atoms with Crippen LogP contribution in [0.5, 0.6) is 5.75 Å². The van der Waals surface area contributed by atoms with Gasteiger partial charge in [0, 0.05) is 19.2 Å². The van der Waals surface area contributed by atoms with Gasteiger partial charge < -0.3 is 14.1 Å². The van der Waals surface area contributed by atoms with Crippen LogP contribution in [0.15, 0.2) is 47.3 Å². The zero-order valence-corrected chi connectivity index (χ0v) is 12.9. The van der Waals surface area contributed by atoms with Gasteiger partial charge in [0.2, 0.25) is 0 Å². The number of halogens is 1. The third-order valence-electron chi connectivity index (χ3n) is 4.26. The van der Waals surface area contributed by atoms with Crippen LogP contribution in [-0.4, -0.2) is 30.5 Å². The summed E-state index contributed by atoms with van der Waals surface area (Å²) in [6.45, 7) is 2.09. The quantitative estimate of drug-likeness (QED) is 0.843. The van der Waals surface area contributed by atoms with E-state index in [2.05, 4.69) is 0 Å². The third kappa shape index (κ3) is 4.12. The Bertz CT molecular complexity index is 633. The van der Waals surface area contributed by atoms with E-state index in [1.54, 1.807) is 18.2 Å². The van der Waals surface area contributed by atoms with Crippen molar-refractivity contribution in [3.8, 4) is 5.75 Å². The molecule has 4 nitrogen and oxygen atoms in total. The standard InChI is InChI=1S/C18H20FNO3/c19-16-2-1-3-17(12-16)23-11-6-14-4-8-20(9-5-14)18(21)15-7-10-22-13-15/h1-3,7,10,12-14H,4-6,8-9,11H2. The highest BCUT2D eigenvalue weighted by atomic mass is 19.1. The molecule has 1 fully saturated rings. The highest BCUT2D eigenvalue weighted by Gasteiger charge is 2.24. The van der Waals surface area contributed by atoms with Crippen LogP contribution in [-0.2, 0) is 0 Å². The number of nitrogens with zero attached hydrogens (tertiary/aromatic N) is 1. The first-order valence-electron chi connectivity index (χ1n) is 7.92. The number of benzene rings is 1. The molecular formula is C18H20FNO3. The third-order valence-corrected chi connectivity index (χ3v) is 4.26. The van der Waals surface area contributed by atoms with E-state index in [1.807, 2.05) is 4.90 Å². The van der Waals surface area contributed by atoms with E-state index in [0.717, 1.165) is 32.4 Å². The first-order chi connectivity index (χ1) is 11.2. The van der Waals surface area contributed by atoms with E-state index in [4.69, 9.17) is 9.15 Å². The van der Waals surface area contributed by atoms with Crippen LogP contribution in [0.25, 0.3) is 0 Å². The Balaban J connectivity index is 1.40. The fourth-order valence-electron chi connectivity index (χ4n) is 2.89. The van der Waals surface area contributed by atoms with Gasteiger partial charge in [-0.15, -0.1) is 0 Å². The number of ether oxygens (including phenoxy) is 1. The second kappa shape index (κ2) is 7.31. The van der Waals surface area contributed by atoms with Crippen molar-refractivity contribution in [2.45, 2.75) is 19.3 Å². The fourth-order valence-corrected chi connectivity index (χ4v) is 2.89. The highest BCUT2D eigenvalue weighted by Crippen LogP contribution is 2.22. The number of likely N-dealkylation sites (tertiary alicyclic amines) is 1. The molecule has 0 spiro atoms. The van der Waals surface area contributed by atoms with E-state index in [9.17, 15) is 9.18 Å². The molecule has 0 bridgehead atoms. The lowest BCUT2D eigenvalue weighted by molar-refractivity contribution is 0.0679. The van der Waals surface area contributed by atoms with Gasteiger partial charge in [0.05, 0.1) is 18.4 Å². The largest absolute Gasteiger partial charge is 0.493 e. The summed E-state index contributed by atoms with van der Waals surface area (Å²) in [5.41, 5.74) is 0.609. The molecule has 0 N–H and O–H groups in total. The van der Waals surface area contributed by atoms with Gasteiger partial charge in [-0.3, -0.25) is 4.79 Å². The maximum absolute atomic E-state index is 13.1. The van der Waals surface area contributed by atoms with Crippen LogP contribution in [0, 0.1) is 11.7 Å². The topological polar surface area (TPSA) is 42.7 Å². The molecule has 1 aliphatic heterocycles. The maximum atomic E-state index is 13.1. The van der Waals surface area contributed by atoms with Gasteiger partial charge in [-0.05, 0) is 43.4 Å². The molecule has 0 aliphatic carbocycles. The van der Waals surface area contributed by atoms with Crippen molar-refractivity contribution in [2.75, 3.05) is 19.7 Å². The van der Waals surface area contributed by atoms with Crippen molar-refractivity contribution < 1.29 is 18.3 Å². The molecule has 122 valence electrons. The summed E-state index contributed by atoms with van der Waals surface area (Å²) in [6.07, 6.45) is 5.86. The second-order valence-corrected chi connectivity index (χ2v) is 5.84. The molecule has 1 aliphatic rings. The minimum Gasteiger partial charge on any atom is -0.493 e. The second-order valence-electron chi connectivity index (χ2n) is 5.84. The van der Waals surface area contributed by atoms with Crippen molar-refractivity contribution in [3.63, 3.8) is 0 Å². The van der Waals surface area contributed by atoms with E-state index in [-0.39, 0.29) is 11.7 Å². The summed E-state index contributed by atoms with van der Waals surface area (Å²) in [6, 6.07) is 7.90. The van der Waals surface area contributed by atoms with E-state index >= 15 is 0 Å². The zero-order chi connectivity index (χ0) is 16.1. The minimum absolute atomic E-state index is 0.0354. The molecule has 0 saturated carbocycles. The van der Waals surface area contributed by atoms with Crippen LogP contribution in [0.1, 0.15) is 29.6 Å². The minimum atomic E-state index is -0.284. The summed E-state index contributed by atoms with van der Waals surface area (Å²) in [7, 11) is 0. The summed E-state index contributed by atoms with van der Waals surface area (Å²) in [4.78, 5) is 14.1. The summed E-state index contributed by atoms with van der Waals surface area (Å²) in [5.74, 6) is 0.858. The number of hydrogen-bond donors (Lipinski definition) is 0. The average Bonchev–Trinajstić information content (AvgIpc) is 3.09. The van der Waals surface area contributed by atoms with Gasteiger partial charge in [-0.2, -0.15) is 0 Å². The van der Waals surface area contributed by atoms with Crippen LogP contribution >= 0.6 is 0 Å². The molecule has 1 aromatic carbocycles. The van der Waals surface area contributed by atoms with Gasteiger partial charge >= 0.3 is 0 Å². The normalized spacial score (nSPS) is 15.6. The number of amides is 1. The number of hydrogen-bond acceptors (Lipinski definition) is 3. The van der Waals surface area contributed by atoms with Crippen LogP contribution in [0.3, 0.4) is 0 Å². The molecule has 0 atom stereocenters. The Hall–Kier alpha value is -2.30. The molecule has 1 amide bonds. The van der Waals surface area contributed by atoms with Crippen molar-refractivity contribution in [1.29, 1.82) is 0 Å². The number of carbonyl (C=O) groups is 1. The number of piperidine rings is 1. The van der Waals surface area contributed by atoms with Gasteiger partial charge in [-0.25, -0.2) is 4.39 Å². The molecule has 1 saturated heterocycles. The maximum Gasteiger partial charge on any atom is 0.257 e. The van der Waals surface area contributed by atoms with Crippen molar-refractivity contribution in [3.05, 3.63) is 54.2 Å². The first kappa shape index (κ1) is 15.6. The Kier molecular flexibility index (Phi) is 4.95. The van der Waals surface area contributed by atoms with Crippen molar-refractivity contribution in [2.24, 2.45) is 5.92 Å². The van der Waals surface area contributed by atoms with E-state index < -0.39 is 0 Å². The Morgan fingerprint density at radius 3 is 2.83 bits per heavy atom. The molecule has 2 heterocycles. The van der Waals surface area contributed by atoms with Gasteiger partial charge in [0.15, 0.2) is 0 Å². The monoisotopic (exact) mass is 317 g/mol. The van der Waals surface area contributed by atoms with Gasteiger partial charge in [-0.1, -0.05) is 6.07 Å². The molecule has 0 radical (unpaired) electrons. The summed E-state index contributed by atoms with van der Waals surface area (Å²) in [5, 5.41) is 0. The number of furan rings is 1. The lowest BCUT2D eigenvalue weighted by Crippen LogP contribution is -2.38. The Labute approximate surface area is 134 Å². The molecule has 0 unspecified atom stereocenters. The molecular weight excluding hydrogens is 297 g/mol. The molecule has 5 heteroatoms. The zero-order valence-electron chi connectivity index (χ0n) is 12.9. The van der Waals surface area contributed by atoms with Crippen molar-refractivity contribution in [1.82, 2.24) is 4.90 Å². The predicted molar refractivity (Wildman–Crippen MR) is 83.8 cm³/mol. The van der Waals surface area contributed by atoms with E-state index in [0.29, 0.717) is 23.8 Å². The number of carbonyl (C=O) groups excluding carboxylic acids is 1. The lowest BCUT2D eigenvalue weighted by atomic mass is 9.93. The van der Waals surface area contributed by atoms with Gasteiger partial charge in [0.1, 0.15) is 17.8 Å². The Morgan fingerprint density at radius 1 is 1.30 bits per heavy atom. The molecule has 1 aromatic heterocycles. The van der Waals surface area contributed by atoms with Crippen LogP contribution in [0.4, 0.5) is 4.39 Å². The van der Waals surface area contributed by atoms with Crippen molar-refractivity contribution >= 4 is 5.91 Å². The summed E-state index contributed by atoms with van der Waals surface area (Å²) >= 11 is 0. The summed E-state index contributed by atoms with van der Waals surface area (Å²) < 4.78 is 23.6. The molecule has 23 heavy (non-hydrogen) atoms. The van der Waals surface area contributed by atoms with E-state index in [1.165, 1.54) is 24.7 Å². The predicted octanol–water partition coefficient (Wildman–Crippen LogP) is 3.74. The van der Waals surface area contributed by atoms with Crippen LogP contribution in [0.2, 0.25) is 0 Å². The van der Waals surface area contributed by atoms with Crippen LogP contribution < -0.4 is 4.74 Å². The first-order valence-corrected chi connectivity index (χ1v) is 7.92. The highest BCUT2D eigenvalue weighted by molar-refractivity contribution is 5.93. The molecule has 3 rings (SSSR count). The van der Waals surface area contributed by atoms with Gasteiger partial charge in [0.25, 0.3) is 5.91 Å². The Morgan fingerprint density at radius 2 is 2.13 bits per heavy atom. The lowest BCUT2D eigenvalue weighted by Gasteiger charge is -2.31. The smallest absolute Gasteiger partial charge is 0.257 e. The SMILES string of the molecule is O=C(c1ccoc1)N1CCC(CCOc2cccc(F)c2)CC1. The average molecular weight is 317 g/mol. The molecule has 2 aromatic rings.